The molecule has 0 aliphatic rings. The van der Waals surface area contributed by atoms with Gasteiger partial charge in [-0.25, -0.2) is 4.79 Å². The van der Waals surface area contributed by atoms with E-state index in [1.165, 1.54) is 0 Å². The van der Waals surface area contributed by atoms with E-state index in [-0.39, 0.29) is 24.7 Å². The Morgan fingerprint density at radius 2 is 2.14 bits per heavy atom. The number of benzene rings is 1. The third kappa shape index (κ3) is 4.32. The SMILES string of the molecule is NC(COc1cccc2cccnc12)=NOC(=O)CCCl. The van der Waals surface area contributed by atoms with E-state index in [1.807, 2.05) is 24.3 Å². The first-order valence-electron chi connectivity index (χ1n) is 6.25. The molecule has 0 atom stereocenters. The predicted octanol–water partition coefficient (Wildman–Crippen LogP) is 2.06. The molecule has 2 N–H and O–H groups in total. The summed E-state index contributed by atoms with van der Waals surface area (Å²) in [5, 5.41) is 4.44. The molecule has 0 saturated heterocycles. The van der Waals surface area contributed by atoms with E-state index >= 15 is 0 Å². The van der Waals surface area contributed by atoms with Gasteiger partial charge in [-0.1, -0.05) is 23.4 Å². The number of carbonyl (C=O) groups is 1. The van der Waals surface area contributed by atoms with Gasteiger partial charge in [0.1, 0.15) is 17.9 Å². The van der Waals surface area contributed by atoms with Crippen molar-refractivity contribution in [2.75, 3.05) is 12.5 Å². The minimum Gasteiger partial charge on any atom is -0.483 e. The summed E-state index contributed by atoms with van der Waals surface area (Å²) in [7, 11) is 0. The maximum absolute atomic E-state index is 11.1. The van der Waals surface area contributed by atoms with Gasteiger partial charge in [0.15, 0.2) is 5.84 Å². The number of para-hydroxylation sites is 1. The summed E-state index contributed by atoms with van der Waals surface area (Å²) in [6, 6.07) is 9.34. The van der Waals surface area contributed by atoms with Crippen molar-refractivity contribution in [1.82, 2.24) is 4.98 Å². The number of aromatic nitrogens is 1. The zero-order chi connectivity index (χ0) is 15.1. The number of carbonyl (C=O) groups excluding carboxylic acids is 1. The molecular weight excluding hydrogens is 294 g/mol. The lowest BCUT2D eigenvalue weighted by atomic mass is 10.2. The molecule has 0 aliphatic heterocycles. The highest BCUT2D eigenvalue weighted by Crippen LogP contribution is 2.22. The molecule has 6 nitrogen and oxygen atoms in total. The van der Waals surface area contributed by atoms with Gasteiger partial charge in [0, 0.05) is 17.5 Å². The Kier molecular flexibility index (Phi) is 5.34. The van der Waals surface area contributed by atoms with Crippen LogP contribution in [0.3, 0.4) is 0 Å². The lowest BCUT2D eigenvalue weighted by Gasteiger charge is -2.07. The second kappa shape index (κ2) is 7.44. The Hall–Kier alpha value is -2.34. The van der Waals surface area contributed by atoms with E-state index in [9.17, 15) is 4.79 Å². The second-order valence-corrected chi connectivity index (χ2v) is 4.48. The molecule has 1 heterocycles. The molecule has 0 unspecified atom stereocenters. The summed E-state index contributed by atoms with van der Waals surface area (Å²) < 4.78 is 5.54. The zero-order valence-corrected chi connectivity index (χ0v) is 11.9. The Morgan fingerprint density at radius 1 is 1.33 bits per heavy atom. The van der Waals surface area contributed by atoms with Gasteiger partial charge in [0.25, 0.3) is 0 Å². The normalized spacial score (nSPS) is 11.4. The van der Waals surface area contributed by atoms with Gasteiger partial charge in [-0.2, -0.15) is 0 Å². The fourth-order valence-electron chi connectivity index (χ4n) is 1.60. The average molecular weight is 308 g/mol. The van der Waals surface area contributed by atoms with E-state index in [2.05, 4.69) is 15.0 Å². The summed E-state index contributed by atoms with van der Waals surface area (Å²) >= 11 is 5.40. The van der Waals surface area contributed by atoms with E-state index in [0.717, 1.165) is 10.9 Å². The van der Waals surface area contributed by atoms with Gasteiger partial charge in [-0.05, 0) is 12.1 Å². The third-order valence-electron chi connectivity index (χ3n) is 2.53. The molecule has 7 heteroatoms. The molecule has 0 bridgehead atoms. The molecule has 1 aromatic carbocycles. The second-order valence-electron chi connectivity index (χ2n) is 4.10. The van der Waals surface area contributed by atoms with Crippen LogP contribution < -0.4 is 10.5 Å². The number of nitrogens with two attached hydrogens (primary N) is 1. The summed E-state index contributed by atoms with van der Waals surface area (Å²) in [6.45, 7) is -0.0101. The van der Waals surface area contributed by atoms with E-state index < -0.39 is 5.97 Å². The highest BCUT2D eigenvalue weighted by Gasteiger charge is 2.05. The minimum atomic E-state index is -0.542. The maximum Gasteiger partial charge on any atom is 0.336 e. The number of pyridine rings is 1. The van der Waals surface area contributed by atoms with Crippen molar-refractivity contribution in [3.63, 3.8) is 0 Å². The largest absolute Gasteiger partial charge is 0.483 e. The van der Waals surface area contributed by atoms with Crippen molar-refractivity contribution in [1.29, 1.82) is 0 Å². The van der Waals surface area contributed by atoms with Gasteiger partial charge < -0.3 is 15.3 Å². The lowest BCUT2D eigenvalue weighted by Crippen LogP contribution is -2.22. The molecular formula is C14H14ClN3O3. The maximum atomic E-state index is 11.1. The molecule has 1 aromatic heterocycles. The number of ether oxygens (including phenoxy) is 1. The molecule has 0 fully saturated rings. The lowest BCUT2D eigenvalue weighted by molar-refractivity contribution is -0.143. The van der Waals surface area contributed by atoms with Crippen LogP contribution in [0.25, 0.3) is 10.9 Å². The first kappa shape index (κ1) is 15.1. The summed E-state index contributed by atoms with van der Waals surface area (Å²) in [5.74, 6) is 0.260. The number of fused-ring (bicyclic) bond motifs is 1. The highest BCUT2D eigenvalue weighted by molar-refractivity contribution is 6.18. The Bertz CT molecular complexity index is 655. The van der Waals surface area contributed by atoms with Crippen molar-refractivity contribution >= 4 is 34.3 Å². The predicted molar refractivity (Wildman–Crippen MR) is 80.3 cm³/mol. The standard InChI is InChI=1S/C14H14ClN3O3/c15-7-6-13(19)21-18-12(16)9-20-11-5-1-3-10-4-2-8-17-14(10)11/h1-5,8H,6-7,9H2,(H2,16,18). The van der Waals surface area contributed by atoms with Crippen LogP contribution in [0.1, 0.15) is 6.42 Å². The van der Waals surface area contributed by atoms with Crippen molar-refractivity contribution < 1.29 is 14.4 Å². The fourth-order valence-corrected chi connectivity index (χ4v) is 1.76. The number of amidine groups is 1. The van der Waals surface area contributed by atoms with Crippen LogP contribution in [0.5, 0.6) is 5.75 Å². The summed E-state index contributed by atoms with van der Waals surface area (Å²) in [5.41, 5.74) is 6.33. The quantitative estimate of drug-likeness (QED) is 0.290. The number of nitrogens with zero attached hydrogens (tertiary/aromatic N) is 2. The average Bonchev–Trinajstić information content (AvgIpc) is 2.51. The monoisotopic (exact) mass is 307 g/mol. The topological polar surface area (TPSA) is 86.8 Å². The molecule has 110 valence electrons. The van der Waals surface area contributed by atoms with Crippen LogP contribution in [-0.4, -0.2) is 29.3 Å². The van der Waals surface area contributed by atoms with E-state index in [0.29, 0.717) is 5.75 Å². The molecule has 2 rings (SSSR count). The minimum absolute atomic E-state index is 0.0101. The van der Waals surface area contributed by atoms with Gasteiger partial charge in [0.05, 0.1) is 6.42 Å². The van der Waals surface area contributed by atoms with E-state index in [1.54, 1.807) is 12.3 Å². The Morgan fingerprint density at radius 3 is 2.95 bits per heavy atom. The number of rotatable bonds is 6. The molecule has 0 amide bonds. The smallest absolute Gasteiger partial charge is 0.336 e. The number of alkyl halides is 1. The number of hydrogen-bond acceptors (Lipinski definition) is 5. The Labute approximate surface area is 126 Å². The molecule has 0 saturated carbocycles. The molecule has 0 radical (unpaired) electrons. The first-order valence-corrected chi connectivity index (χ1v) is 6.79. The number of halogens is 1. The molecule has 21 heavy (non-hydrogen) atoms. The van der Waals surface area contributed by atoms with Crippen LogP contribution in [0, 0.1) is 0 Å². The Balaban J connectivity index is 1.98. The van der Waals surface area contributed by atoms with Gasteiger partial charge in [-0.3, -0.25) is 4.98 Å². The van der Waals surface area contributed by atoms with Crippen molar-refractivity contribution in [2.45, 2.75) is 6.42 Å². The van der Waals surface area contributed by atoms with Gasteiger partial charge >= 0.3 is 5.97 Å². The number of hydrogen-bond donors (Lipinski definition) is 1. The van der Waals surface area contributed by atoms with Crippen LogP contribution in [0.15, 0.2) is 41.7 Å². The molecule has 0 spiro atoms. The fraction of sp³-hybridized carbons (Fsp3) is 0.214. The van der Waals surface area contributed by atoms with Crippen molar-refractivity contribution in [3.05, 3.63) is 36.5 Å². The first-order chi connectivity index (χ1) is 10.2. The van der Waals surface area contributed by atoms with Crippen LogP contribution in [0.4, 0.5) is 0 Å². The van der Waals surface area contributed by atoms with Crippen LogP contribution in [-0.2, 0) is 9.63 Å². The van der Waals surface area contributed by atoms with Crippen molar-refractivity contribution in [3.8, 4) is 5.75 Å². The molecule has 2 aromatic rings. The van der Waals surface area contributed by atoms with Crippen molar-refractivity contribution in [2.24, 2.45) is 10.9 Å². The molecule has 0 aliphatic carbocycles. The summed E-state index contributed by atoms with van der Waals surface area (Å²) in [4.78, 5) is 19.9. The van der Waals surface area contributed by atoms with Gasteiger partial charge in [0.2, 0.25) is 0 Å². The van der Waals surface area contributed by atoms with E-state index in [4.69, 9.17) is 22.1 Å². The summed E-state index contributed by atoms with van der Waals surface area (Å²) in [6.07, 6.45) is 1.76. The zero-order valence-electron chi connectivity index (χ0n) is 11.2. The highest BCUT2D eigenvalue weighted by atomic mass is 35.5. The van der Waals surface area contributed by atoms with Gasteiger partial charge in [-0.15, -0.1) is 11.6 Å². The van der Waals surface area contributed by atoms with Crippen LogP contribution >= 0.6 is 11.6 Å². The van der Waals surface area contributed by atoms with Crippen LogP contribution in [0.2, 0.25) is 0 Å². The third-order valence-corrected chi connectivity index (χ3v) is 2.72. The number of oxime groups is 1.